The zero-order valence-corrected chi connectivity index (χ0v) is 15.6. The van der Waals surface area contributed by atoms with E-state index in [1.165, 1.54) is 0 Å². The Morgan fingerprint density at radius 2 is 1.78 bits per heavy atom. The van der Waals surface area contributed by atoms with Crippen LogP contribution >= 0.6 is 0 Å². The maximum Gasteiger partial charge on any atom is 0.172 e. The molecule has 2 fully saturated rings. The Balaban J connectivity index is 1.55. The molecule has 2 unspecified atom stereocenters. The number of aromatic nitrogens is 3. The van der Waals surface area contributed by atoms with Crippen molar-refractivity contribution in [3.8, 4) is 0 Å². The number of likely N-dealkylation sites (tertiary alicyclic amines) is 1. The van der Waals surface area contributed by atoms with Crippen LogP contribution in [0.2, 0.25) is 0 Å². The van der Waals surface area contributed by atoms with Gasteiger partial charge < -0.3 is 9.80 Å². The predicted molar refractivity (Wildman–Crippen MR) is 99.6 cm³/mol. The number of hydrogen-bond acceptors (Lipinski definition) is 6. The maximum absolute atomic E-state index is 14.0. The fourth-order valence-electron chi connectivity index (χ4n) is 4.27. The standard InChI is InChI=1S/C19H24F2N6/c1-25(2)18-19(24-6-5-23-18)27-8-4-13-3-7-26(17(13)12-27)11-14-15(20)9-22-10-16(14)21/h5-6,9-10,13,17H,3-4,7-8,11-12H2,1-2H3. The van der Waals surface area contributed by atoms with E-state index in [0.717, 1.165) is 56.5 Å². The minimum Gasteiger partial charge on any atom is -0.360 e. The van der Waals surface area contributed by atoms with Gasteiger partial charge in [0.1, 0.15) is 11.6 Å². The molecule has 0 amide bonds. The highest BCUT2D eigenvalue weighted by molar-refractivity contribution is 5.61. The van der Waals surface area contributed by atoms with Crippen molar-refractivity contribution in [3.05, 3.63) is 42.0 Å². The van der Waals surface area contributed by atoms with E-state index in [9.17, 15) is 8.78 Å². The largest absolute Gasteiger partial charge is 0.360 e. The number of hydrogen-bond donors (Lipinski definition) is 0. The van der Waals surface area contributed by atoms with Crippen molar-refractivity contribution >= 4 is 11.6 Å². The van der Waals surface area contributed by atoms with Crippen molar-refractivity contribution in [2.45, 2.75) is 25.4 Å². The lowest BCUT2D eigenvalue weighted by atomic mass is 9.92. The van der Waals surface area contributed by atoms with Crippen LogP contribution in [0, 0.1) is 17.6 Å². The average Bonchev–Trinajstić information content (AvgIpc) is 3.07. The Morgan fingerprint density at radius 1 is 1.07 bits per heavy atom. The smallest absolute Gasteiger partial charge is 0.172 e. The van der Waals surface area contributed by atoms with Crippen LogP contribution in [0.4, 0.5) is 20.4 Å². The van der Waals surface area contributed by atoms with Crippen LogP contribution in [0.3, 0.4) is 0 Å². The zero-order valence-electron chi connectivity index (χ0n) is 15.6. The maximum atomic E-state index is 14.0. The van der Waals surface area contributed by atoms with E-state index < -0.39 is 11.6 Å². The Bertz CT molecular complexity index is 794. The molecule has 0 bridgehead atoms. The van der Waals surface area contributed by atoms with Gasteiger partial charge in [0.15, 0.2) is 11.6 Å². The second-order valence-electron chi connectivity index (χ2n) is 7.50. The van der Waals surface area contributed by atoms with Gasteiger partial charge in [-0.15, -0.1) is 0 Å². The monoisotopic (exact) mass is 374 g/mol. The van der Waals surface area contributed by atoms with E-state index in [1.54, 1.807) is 12.4 Å². The molecule has 0 aromatic carbocycles. The van der Waals surface area contributed by atoms with Crippen molar-refractivity contribution in [3.63, 3.8) is 0 Å². The number of pyridine rings is 1. The van der Waals surface area contributed by atoms with Crippen molar-refractivity contribution in [2.75, 3.05) is 43.5 Å². The fourth-order valence-corrected chi connectivity index (χ4v) is 4.27. The van der Waals surface area contributed by atoms with E-state index in [2.05, 4.69) is 24.8 Å². The number of anilines is 2. The molecule has 144 valence electrons. The molecule has 2 aliphatic heterocycles. The van der Waals surface area contributed by atoms with Crippen molar-refractivity contribution < 1.29 is 8.78 Å². The van der Waals surface area contributed by atoms with Gasteiger partial charge in [0.25, 0.3) is 0 Å². The van der Waals surface area contributed by atoms with Crippen LogP contribution < -0.4 is 9.80 Å². The third-order valence-corrected chi connectivity index (χ3v) is 5.67. The van der Waals surface area contributed by atoms with E-state index in [1.807, 2.05) is 19.0 Å². The Morgan fingerprint density at radius 3 is 2.52 bits per heavy atom. The summed E-state index contributed by atoms with van der Waals surface area (Å²) < 4.78 is 28.1. The van der Waals surface area contributed by atoms with Crippen LogP contribution in [0.15, 0.2) is 24.8 Å². The summed E-state index contributed by atoms with van der Waals surface area (Å²) in [6.45, 7) is 2.84. The molecular formula is C19H24F2N6. The minimum absolute atomic E-state index is 0.108. The summed E-state index contributed by atoms with van der Waals surface area (Å²) in [4.78, 5) is 19.0. The summed E-state index contributed by atoms with van der Waals surface area (Å²) in [5.74, 6) is 1.11. The average molecular weight is 374 g/mol. The number of halogens is 2. The van der Waals surface area contributed by atoms with Crippen LogP contribution in [-0.4, -0.2) is 59.6 Å². The third kappa shape index (κ3) is 3.45. The SMILES string of the molecule is CN(C)c1nccnc1N1CCC2CCN(Cc3c(F)cncc3F)C2C1. The number of piperidine rings is 1. The van der Waals surface area contributed by atoms with Crippen LogP contribution in [0.25, 0.3) is 0 Å². The first-order chi connectivity index (χ1) is 13.0. The zero-order chi connectivity index (χ0) is 19.0. The molecule has 0 N–H and O–H groups in total. The van der Waals surface area contributed by atoms with Gasteiger partial charge in [-0.25, -0.2) is 18.7 Å². The summed E-state index contributed by atoms with van der Waals surface area (Å²) in [6.07, 6.45) is 7.69. The molecule has 2 atom stereocenters. The van der Waals surface area contributed by atoms with E-state index >= 15 is 0 Å². The van der Waals surface area contributed by atoms with Gasteiger partial charge in [-0.1, -0.05) is 0 Å². The summed E-state index contributed by atoms with van der Waals surface area (Å²) in [7, 11) is 3.91. The summed E-state index contributed by atoms with van der Waals surface area (Å²) in [6, 6.07) is 0.253. The van der Waals surface area contributed by atoms with Crippen LogP contribution in [-0.2, 0) is 6.54 Å². The van der Waals surface area contributed by atoms with Crippen molar-refractivity contribution in [1.82, 2.24) is 19.9 Å². The summed E-state index contributed by atoms with van der Waals surface area (Å²) in [5, 5.41) is 0. The summed E-state index contributed by atoms with van der Waals surface area (Å²) in [5.41, 5.74) is 0.108. The lowest BCUT2D eigenvalue weighted by Gasteiger charge is -2.39. The molecule has 6 nitrogen and oxygen atoms in total. The molecule has 0 spiro atoms. The summed E-state index contributed by atoms with van der Waals surface area (Å²) >= 11 is 0. The van der Waals surface area contributed by atoms with Gasteiger partial charge >= 0.3 is 0 Å². The normalized spacial score (nSPS) is 22.7. The molecule has 27 heavy (non-hydrogen) atoms. The molecule has 0 saturated carbocycles. The third-order valence-electron chi connectivity index (χ3n) is 5.67. The number of nitrogens with zero attached hydrogens (tertiary/aromatic N) is 6. The van der Waals surface area contributed by atoms with Crippen molar-refractivity contribution in [1.29, 1.82) is 0 Å². The quantitative estimate of drug-likeness (QED) is 0.819. The lowest BCUT2D eigenvalue weighted by Crippen LogP contribution is -2.48. The van der Waals surface area contributed by atoms with Gasteiger partial charge in [-0.3, -0.25) is 9.88 Å². The molecule has 4 heterocycles. The molecule has 0 radical (unpaired) electrons. The van der Waals surface area contributed by atoms with Crippen LogP contribution in [0.1, 0.15) is 18.4 Å². The van der Waals surface area contributed by atoms with Gasteiger partial charge in [0.05, 0.1) is 12.4 Å². The number of fused-ring (bicyclic) bond motifs is 1. The Labute approximate surface area is 157 Å². The van der Waals surface area contributed by atoms with Gasteiger partial charge in [-0.2, -0.15) is 0 Å². The molecule has 2 aromatic heterocycles. The highest BCUT2D eigenvalue weighted by atomic mass is 19.1. The molecule has 2 aromatic rings. The second-order valence-corrected chi connectivity index (χ2v) is 7.50. The van der Waals surface area contributed by atoms with E-state index in [4.69, 9.17) is 0 Å². The highest BCUT2D eigenvalue weighted by Gasteiger charge is 2.39. The lowest BCUT2D eigenvalue weighted by molar-refractivity contribution is 0.196. The van der Waals surface area contributed by atoms with Crippen molar-refractivity contribution in [2.24, 2.45) is 5.92 Å². The van der Waals surface area contributed by atoms with Gasteiger partial charge in [-0.05, 0) is 25.3 Å². The first kappa shape index (κ1) is 18.0. The van der Waals surface area contributed by atoms with E-state index in [0.29, 0.717) is 5.92 Å². The predicted octanol–water partition coefficient (Wildman–Crippen LogP) is 2.32. The van der Waals surface area contributed by atoms with Crippen LogP contribution in [0.5, 0.6) is 0 Å². The van der Waals surface area contributed by atoms with Gasteiger partial charge in [0.2, 0.25) is 0 Å². The molecule has 2 saturated heterocycles. The Kier molecular flexibility index (Phi) is 4.90. The van der Waals surface area contributed by atoms with E-state index in [-0.39, 0.29) is 18.2 Å². The second kappa shape index (κ2) is 7.34. The fraction of sp³-hybridized carbons (Fsp3) is 0.526. The molecule has 8 heteroatoms. The molecular weight excluding hydrogens is 350 g/mol. The molecule has 2 aliphatic rings. The first-order valence-corrected chi connectivity index (χ1v) is 9.30. The highest BCUT2D eigenvalue weighted by Crippen LogP contribution is 2.36. The molecule has 0 aliphatic carbocycles. The minimum atomic E-state index is -0.574. The van der Waals surface area contributed by atoms with Gasteiger partial charge in [0, 0.05) is 57.7 Å². The molecule has 4 rings (SSSR count). The first-order valence-electron chi connectivity index (χ1n) is 9.30. The number of rotatable bonds is 4. The Hall–Kier alpha value is -2.35. The topological polar surface area (TPSA) is 48.4 Å².